The van der Waals surface area contributed by atoms with Gasteiger partial charge in [0.25, 0.3) is 5.56 Å². The van der Waals surface area contributed by atoms with Crippen molar-refractivity contribution < 1.29 is 9.84 Å². The molecule has 0 amide bonds. The number of hydrogen-bond donors (Lipinski definition) is 2. The van der Waals surface area contributed by atoms with Gasteiger partial charge < -0.3 is 9.84 Å². The number of nitrogens with one attached hydrogen (secondary N) is 1. The van der Waals surface area contributed by atoms with E-state index in [2.05, 4.69) is 9.98 Å². The number of halogens is 1. The highest BCUT2D eigenvalue weighted by Gasteiger charge is 2.20. The van der Waals surface area contributed by atoms with Crippen LogP contribution in [0.2, 0.25) is 5.02 Å². The standard InChI is InChI=1S/C21H20ClN3O4/c1-3-29-17-11-7-6-10-16(17)25-20(27)18(19(26)24-21(25)28)13(2)23-12-14-8-4-5-9-15(14)22/h4-11,27H,3,12H2,1-2H3,(H,24,26,28). The van der Waals surface area contributed by atoms with Crippen molar-refractivity contribution in [3.05, 3.63) is 85.5 Å². The van der Waals surface area contributed by atoms with E-state index in [1.165, 1.54) is 0 Å². The molecule has 2 aromatic carbocycles. The van der Waals surface area contributed by atoms with Gasteiger partial charge in [-0.25, -0.2) is 9.36 Å². The molecule has 7 nitrogen and oxygen atoms in total. The van der Waals surface area contributed by atoms with Gasteiger partial charge in [-0.2, -0.15) is 0 Å². The van der Waals surface area contributed by atoms with Crippen molar-refractivity contribution in [2.75, 3.05) is 6.61 Å². The van der Waals surface area contributed by atoms with Crippen molar-refractivity contribution in [1.82, 2.24) is 9.55 Å². The van der Waals surface area contributed by atoms with E-state index in [-0.39, 0.29) is 17.8 Å². The molecule has 0 saturated heterocycles. The van der Waals surface area contributed by atoms with Gasteiger partial charge in [0.05, 0.1) is 24.6 Å². The van der Waals surface area contributed by atoms with Gasteiger partial charge in [-0.05, 0) is 37.6 Å². The molecule has 29 heavy (non-hydrogen) atoms. The van der Waals surface area contributed by atoms with Crippen LogP contribution in [0.15, 0.2) is 63.1 Å². The van der Waals surface area contributed by atoms with Crippen LogP contribution in [0.4, 0.5) is 0 Å². The van der Waals surface area contributed by atoms with Gasteiger partial charge in [0.15, 0.2) is 0 Å². The molecule has 2 N–H and O–H groups in total. The van der Waals surface area contributed by atoms with Crippen LogP contribution < -0.4 is 16.0 Å². The monoisotopic (exact) mass is 413 g/mol. The first-order valence-corrected chi connectivity index (χ1v) is 9.37. The van der Waals surface area contributed by atoms with Crippen molar-refractivity contribution in [2.45, 2.75) is 20.4 Å². The molecule has 0 aliphatic rings. The maximum atomic E-state index is 12.5. The SMILES string of the molecule is CCOc1ccccc1-n1c(O)c(C(C)=NCc2ccccc2Cl)c(=O)[nH]c1=O. The summed E-state index contributed by atoms with van der Waals surface area (Å²) in [7, 11) is 0. The third-order valence-corrected chi connectivity index (χ3v) is 4.67. The van der Waals surface area contributed by atoms with Crippen LogP contribution in [0.5, 0.6) is 11.6 Å². The van der Waals surface area contributed by atoms with Gasteiger partial charge in [0.2, 0.25) is 5.88 Å². The summed E-state index contributed by atoms with van der Waals surface area (Å²) in [5.41, 5.74) is -0.234. The minimum Gasteiger partial charge on any atom is -0.493 e. The lowest BCUT2D eigenvalue weighted by Gasteiger charge is -2.15. The number of nitrogens with zero attached hydrogens (tertiary/aromatic N) is 2. The molecule has 0 spiro atoms. The van der Waals surface area contributed by atoms with Crippen LogP contribution >= 0.6 is 11.6 Å². The molecule has 1 aromatic heterocycles. The van der Waals surface area contributed by atoms with Gasteiger partial charge in [-0.15, -0.1) is 0 Å². The van der Waals surface area contributed by atoms with Gasteiger partial charge in [-0.3, -0.25) is 14.8 Å². The molecule has 3 rings (SSSR count). The molecule has 3 aromatic rings. The Morgan fingerprint density at radius 2 is 1.86 bits per heavy atom. The third kappa shape index (κ3) is 4.25. The van der Waals surface area contributed by atoms with Gasteiger partial charge in [-0.1, -0.05) is 41.9 Å². The fourth-order valence-corrected chi connectivity index (χ4v) is 3.10. The summed E-state index contributed by atoms with van der Waals surface area (Å²) < 4.78 is 6.54. The number of aromatic hydroxyl groups is 1. The second-order valence-electron chi connectivity index (χ2n) is 6.19. The van der Waals surface area contributed by atoms with Gasteiger partial charge in [0, 0.05) is 5.02 Å². The van der Waals surface area contributed by atoms with E-state index in [0.29, 0.717) is 23.1 Å². The van der Waals surface area contributed by atoms with Crippen LogP contribution in [-0.4, -0.2) is 27.0 Å². The molecule has 0 atom stereocenters. The van der Waals surface area contributed by atoms with E-state index < -0.39 is 17.1 Å². The van der Waals surface area contributed by atoms with Crippen LogP contribution in [0.3, 0.4) is 0 Å². The van der Waals surface area contributed by atoms with Crippen molar-refractivity contribution in [1.29, 1.82) is 0 Å². The summed E-state index contributed by atoms with van der Waals surface area (Å²) in [4.78, 5) is 31.5. The summed E-state index contributed by atoms with van der Waals surface area (Å²) in [6.45, 7) is 3.99. The summed E-state index contributed by atoms with van der Waals surface area (Å²) >= 11 is 6.14. The first kappa shape index (κ1) is 20.4. The Morgan fingerprint density at radius 1 is 1.17 bits per heavy atom. The lowest BCUT2D eigenvalue weighted by molar-refractivity contribution is 0.336. The second-order valence-corrected chi connectivity index (χ2v) is 6.59. The quantitative estimate of drug-likeness (QED) is 0.606. The van der Waals surface area contributed by atoms with Crippen LogP contribution in [0, 0.1) is 0 Å². The Bertz CT molecular complexity index is 1180. The number of aliphatic imine (C=N–C) groups is 1. The van der Waals surface area contributed by atoms with Crippen molar-refractivity contribution in [3.63, 3.8) is 0 Å². The van der Waals surface area contributed by atoms with E-state index in [9.17, 15) is 14.7 Å². The highest BCUT2D eigenvalue weighted by atomic mass is 35.5. The molecule has 0 radical (unpaired) electrons. The second kappa shape index (κ2) is 8.79. The average Bonchev–Trinajstić information content (AvgIpc) is 2.68. The fourth-order valence-electron chi connectivity index (χ4n) is 2.90. The zero-order chi connectivity index (χ0) is 21.0. The highest BCUT2D eigenvalue weighted by molar-refractivity contribution is 6.31. The number of rotatable bonds is 6. The Hall–Kier alpha value is -3.32. The molecule has 0 bridgehead atoms. The normalized spacial score (nSPS) is 11.5. The van der Waals surface area contributed by atoms with Gasteiger partial charge >= 0.3 is 5.69 Å². The predicted molar refractivity (Wildman–Crippen MR) is 113 cm³/mol. The smallest absolute Gasteiger partial charge is 0.335 e. The molecule has 1 heterocycles. The summed E-state index contributed by atoms with van der Waals surface area (Å²) in [6.07, 6.45) is 0. The van der Waals surface area contributed by atoms with E-state index in [1.807, 2.05) is 25.1 Å². The molecule has 8 heteroatoms. The molecular weight excluding hydrogens is 394 g/mol. The van der Waals surface area contributed by atoms with Crippen molar-refractivity contribution >= 4 is 17.3 Å². The first-order chi connectivity index (χ1) is 13.9. The molecule has 0 fully saturated rings. The molecule has 0 saturated carbocycles. The number of aromatic nitrogens is 2. The molecule has 150 valence electrons. The highest BCUT2D eigenvalue weighted by Crippen LogP contribution is 2.26. The maximum Gasteiger partial charge on any atom is 0.335 e. The van der Waals surface area contributed by atoms with E-state index >= 15 is 0 Å². The Labute approximate surface area is 171 Å². The number of aromatic amines is 1. The zero-order valence-electron chi connectivity index (χ0n) is 16.0. The Morgan fingerprint density at radius 3 is 2.59 bits per heavy atom. The molecular formula is C21H20ClN3O4. The zero-order valence-corrected chi connectivity index (χ0v) is 16.7. The number of para-hydroxylation sites is 2. The summed E-state index contributed by atoms with van der Waals surface area (Å²) in [6, 6.07) is 14.0. The maximum absolute atomic E-state index is 12.5. The number of ether oxygens (including phenoxy) is 1. The van der Waals surface area contributed by atoms with Crippen molar-refractivity contribution in [2.24, 2.45) is 4.99 Å². The number of benzene rings is 2. The van der Waals surface area contributed by atoms with Crippen molar-refractivity contribution in [3.8, 4) is 17.3 Å². The summed E-state index contributed by atoms with van der Waals surface area (Å²) in [5, 5.41) is 11.4. The topological polar surface area (TPSA) is 96.7 Å². The van der Waals surface area contributed by atoms with E-state index in [0.717, 1.165) is 10.1 Å². The minimum absolute atomic E-state index is 0.0945. The number of hydrogen-bond acceptors (Lipinski definition) is 5. The Balaban J connectivity index is 2.11. The molecule has 0 aliphatic heterocycles. The van der Waals surface area contributed by atoms with Crippen LogP contribution in [0.25, 0.3) is 5.69 Å². The first-order valence-electron chi connectivity index (χ1n) is 8.99. The minimum atomic E-state index is -0.776. The van der Waals surface area contributed by atoms with E-state index in [4.69, 9.17) is 16.3 Å². The molecule has 0 aliphatic carbocycles. The van der Waals surface area contributed by atoms with E-state index in [1.54, 1.807) is 37.3 Å². The average molecular weight is 414 g/mol. The molecule has 0 unspecified atom stereocenters. The summed E-state index contributed by atoms with van der Waals surface area (Å²) in [5.74, 6) is -0.109. The predicted octanol–water partition coefficient (Wildman–Crippen LogP) is 3.29. The van der Waals surface area contributed by atoms with Gasteiger partial charge in [0.1, 0.15) is 11.3 Å². The number of H-pyrrole nitrogens is 1. The lowest BCUT2D eigenvalue weighted by atomic mass is 10.2. The lowest BCUT2D eigenvalue weighted by Crippen LogP contribution is -2.33. The third-order valence-electron chi connectivity index (χ3n) is 4.30. The largest absolute Gasteiger partial charge is 0.493 e. The van der Waals surface area contributed by atoms with Crippen LogP contribution in [0.1, 0.15) is 25.0 Å². The van der Waals surface area contributed by atoms with Crippen LogP contribution in [-0.2, 0) is 6.54 Å². The Kier molecular flexibility index (Phi) is 6.19. The fraction of sp³-hybridized carbons (Fsp3) is 0.190.